The van der Waals surface area contributed by atoms with Crippen molar-refractivity contribution in [1.82, 2.24) is 9.97 Å². The lowest BCUT2D eigenvalue weighted by Gasteiger charge is -2.33. The van der Waals surface area contributed by atoms with Crippen LogP contribution in [-0.4, -0.2) is 36.3 Å². The summed E-state index contributed by atoms with van der Waals surface area (Å²) >= 11 is 0. The van der Waals surface area contributed by atoms with Gasteiger partial charge in [-0.1, -0.05) is 12.1 Å². The quantitative estimate of drug-likeness (QED) is 0.839. The molecular formula is C19H25N3O2. The van der Waals surface area contributed by atoms with Crippen molar-refractivity contribution in [3.8, 4) is 11.6 Å². The number of anilines is 1. The lowest BCUT2D eigenvalue weighted by Crippen LogP contribution is -2.34. The molecule has 0 aliphatic carbocycles. The summed E-state index contributed by atoms with van der Waals surface area (Å²) in [7, 11) is 1.71. The van der Waals surface area contributed by atoms with E-state index in [4.69, 9.17) is 9.47 Å². The van der Waals surface area contributed by atoms with Gasteiger partial charge in [0.05, 0.1) is 13.2 Å². The van der Waals surface area contributed by atoms with Gasteiger partial charge in [-0.05, 0) is 50.3 Å². The lowest BCUT2D eigenvalue weighted by molar-refractivity contribution is 0.231. The van der Waals surface area contributed by atoms with E-state index in [-0.39, 0.29) is 6.10 Å². The average Bonchev–Trinajstić information content (AvgIpc) is 2.62. The highest BCUT2D eigenvalue weighted by Crippen LogP contribution is 2.33. The second kappa shape index (κ2) is 7.51. The normalized spacial score (nSPS) is 15.6. The fourth-order valence-electron chi connectivity index (χ4n) is 3.16. The lowest BCUT2D eigenvalue weighted by atomic mass is 9.89. The van der Waals surface area contributed by atoms with E-state index in [1.54, 1.807) is 19.5 Å². The molecule has 0 unspecified atom stereocenters. The largest absolute Gasteiger partial charge is 0.497 e. The Labute approximate surface area is 143 Å². The molecule has 1 aliphatic rings. The molecule has 1 saturated heterocycles. The predicted molar refractivity (Wildman–Crippen MR) is 95.0 cm³/mol. The number of aromatic nitrogens is 2. The number of rotatable bonds is 5. The molecule has 0 radical (unpaired) electrons. The zero-order valence-corrected chi connectivity index (χ0v) is 14.6. The van der Waals surface area contributed by atoms with Crippen molar-refractivity contribution in [3.63, 3.8) is 0 Å². The number of nitrogens with zero attached hydrogens (tertiary/aromatic N) is 3. The van der Waals surface area contributed by atoms with E-state index in [2.05, 4.69) is 33.1 Å². The predicted octanol–water partition coefficient (Wildman–Crippen LogP) is 3.66. The first-order valence-electron chi connectivity index (χ1n) is 8.54. The first-order valence-corrected chi connectivity index (χ1v) is 8.54. The highest BCUT2D eigenvalue weighted by molar-refractivity contribution is 5.48. The first-order chi connectivity index (χ1) is 11.7. The maximum Gasteiger partial charge on any atom is 0.257 e. The molecule has 24 heavy (non-hydrogen) atoms. The van der Waals surface area contributed by atoms with Crippen molar-refractivity contribution >= 4 is 5.82 Å². The van der Waals surface area contributed by atoms with Gasteiger partial charge < -0.3 is 14.4 Å². The van der Waals surface area contributed by atoms with E-state index in [1.165, 1.54) is 5.56 Å². The van der Waals surface area contributed by atoms with Gasteiger partial charge in [0.25, 0.3) is 5.88 Å². The minimum Gasteiger partial charge on any atom is -0.497 e. The Hall–Kier alpha value is -2.30. The van der Waals surface area contributed by atoms with Crippen LogP contribution >= 0.6 is 0 Å². The smallest absolute Gasteiger partial charge is 0.257 e. The average molecular weight is 327 g/mol. The van der Waals surface area contributed by atoms with Gasteiger partial charge in [0.15, 0.2) is 5.82 Å². The zero-order chi connectivity index (χ0) is 16.9. The Balaban J connectivity index is 1.69. The summed E-state index contributed by atoms with van der Waals surface area (Å²) in [5, 5.41) is 0. The van der Waals surface area contributed by atoms with Crippen LogP contribution in [0.1, 0.15) is 38.2 Å². The van der Waals surface area contributed by atoms with Gasteiger partial charge in [-0.15, -0.1) is 0 Å². The minimum atomic E-state index is 0.0924. The Morgan fingerprint density at radius 2 is 1.88 bits per heavy atom. The van der Waals surface area contributed by atoms with Gasteiger partial charge in [0, 0.05) is 25.5 Å². The number of benzene rings is 1. The number of hydrogen-bond donors (Lipinski definition) is 0. The molecule has 0 saturated carbocycles. The van der Waals surface area contributed by atoms with Gasteiger partial charge in [0.1, 0.15) is 5.75 Å². The van der Waals surface area contributed by atoms with Crippen molar-refractivity contribution in [3.05, 3.63) is 42.2 Å². The molecule has 1 aromatic carbocycles. The third-order valence-electron chi connectivity index (χ3n) is 4.35. The van der Waals surface area contributed by atoms with Crippen LogP contribution in [0.3, 0.4) is 0 Å². The molecule has 1 aliphatic heterocycles. The maximum absolute atomic E-state index is 5.81. The number of hydrogen-bond acceptors (Lipinski definition) is 5. The fourth-order valence-corrected chi connectivity index (χ4v) is 3.16. The van der Waals surface area contributed by atoms with Crippen molar-refractivity contribution < 1.29 is 9.47 Å². The number of methoxy groups -OCH3 is 1. The summed E-state index contributed by atoms with van der Waals surface area (Å²) in [6.45, 7) is 5.92. The number of ether oxygens (including phenoxy) is 2. The fraction of sp³-hybridized carbons (Fsp3) is 0.474. The molecule has 0 amide bonds. The molecule has 0 bridgehead atoms. The van der Waals surface area contributed by atoms with Gasteiger partial charge in [-0.25, -0.2) is 9.97 Å². The van der Waals surface area contributed by atoms with Crippen molar-refractivity contribution in [1.29, 1.82) is 0 Å². The zero-order valence-electron chi connectivity index (χ0n) is 14.6. The van der Waals surface area contributed by atoms with E-state index < -0.39 is 0 Å². The van der Waals surface area contributed by atoms with Crippen LogP contribution in [0.4, 0.5) is 5.82 Å². The van der Waals surface area contributed by atoms with E-state index >= 15 is 0 Å². The van der Waals surface area contributed by atoms with Crippen LogP contribution < -0.4 is 14.4 Å². The molecular weight excluding hydrogens is 302 g/mol. The summed E-state index contributed by atoms with van der Waals surface area (Å²) < 4.78 is 11.2. The second-order valence-corrected chi connectivity index (χ2v) is 6.39. The van der Waals surface area contributed by atoms with Gasteiger partial charge >= 0.3 is 0 Å². The standard InChI is InChI=1S/C19H25N3O2/c1-14(2)24-19-18(20-9-10-21-19)22-11-7-15(8-12-22)16-5-4-6-17(13-16)23-3/h4-6,9-10,13-15H,7-8,11-12H2,1-3H3. The Bertz CT molecular complexity index is 667. The van der Waals surface area contributed by atoms with Gasteiger partial charge in [-0.3, -0.25) is 0 Å². The molecule has 3 rings (SSSR count). The molecule has 0 atom stereocenters. The summed E-state index contributed by atoms with van der Waals surface area (Å²) in [5.41, 5.74) is 1.35. The summed E-state index contributed by atoms with van der Waals surface area (Å²) in [6.07, 6.45) is 5.69. The second-order valence-electron chi connectivity index (χ2n) is 6.39. The Morgan fingerprint density at radius 1 is 1.12 bits per heavy atom. The van der Waals surface area contributed by atoms with Gasteiger partial charge in [-0.2, -0.15) is 0 Å². The van der Waals surface area contributed by atoms with Crippen LogP contribution in [0.5, 0.6) is 11.6 Å². The monoisotopic (exact) mass is 327 g/mol. The Morgan fingerprint density at radius 3 is 2.58 bits per heavy atom. The summed E-state index contributed by atoms with van der Waals surface area (Å²) in [6, 6.07) is 8.40. The maximum atomic E-state index is 5.81. The van der Waals surface area contributed by atoms with E-state index in [1.807, 2.05) is 19.9 Å². The third kappa shape index (κ3) is 3.78. The molecule has 2 heterocycles. The van der Waals surface area contributed by atoms with Crippen molar-refractivity contribution in [2.45, 2.75) is 38.7 Å². The molecule has 128 valence electrons. The molecule has 0 spiro atoms. The van der Waals surface area contributed by atoms with Crippen LogP contribution in [-0.2, 0) is 0 Å². The van der Waals surface area contributed by atoms with Gasteiger partial charge in [0.2, 0.25) is 0 Å². The van der Waals surface area contributed by atoms with E-state index in [0.29, 0.717) is 11.8 Å². The molecule has 0 N–H and O–H groups in total. The first kappa shape index (κ1) is 16.6. The molecule has 2 aromatic rings. The topological polar surface area (TPSA) is 47.5 Å². The highest BCUT2D eigenvalue weighted by atomic mass is 16.5. The molecule has 5 heteroatoms. The van der Waals surface area contributed by atoms with Crippen LogP contribution in [0.15, 0.2) is 36.7 Å². The van der Waals surface area contributed by atoms with Crippen LogP contribution in [0.25, 0.3) is 0 Å². The molecule has 1 fully saturated rings. The minimum absolute atomic E-state index is 0.0924. The van der Waals surface area contributed by atoms with E-state index in [9.17, 15) is 0 Å². The summed E-state index contributed by atoms with van der Waals surface area (Å²) in [5.74, 6) is 2.97. The van der Waals surface area contributed by atoms with Crippen molar-refractivity contribution in [2.24, 2.45) is 0 Å². The number of piperidine rings is 1. The van der Waals surface area contributed by atoms with Crippen LogP contribution in [0, 0.1) is 0 Å². The Kier molecular flexibility index (Phi) is 5.18. The molecule has 1 aromatic heterocycles. The van der Waals surface area contributed by atoms with Crippen molar-refractivity contribution in [2.75, 3.05) is 25.1 Å². The molecule has 5 nitrogen and oxygen atoms in total. The van der Waals surface area contributed by atoms with Crippen LogP contribution in [0.2, 0.25) is 0 Å². The van der Waals surface area contributed by atoms with E-state index in [0.717, 1.165) is 37.5 Å². The SMILES string of the molecule is COc1cccc(C2CCN(c3nccnc3OC(C)C)CC2)c1. The third-order valence-corrected chi connectivity index (χ3v) is 4.35. The highest BCUT2D eigenvalue weighted by Gasteiger charge is 2.24. The summed E-state index contributed by atoms with van der Waals surface area (Å²) in [4.78, 5) is 11.1.